The van der Waals surface area contributed by atoms with E-state index in [0.29, 0.717) is 0 Å². The van der Waals surface area contributed by atoms with Gasteiger partial charge in [-0.15, -0.1) is 11.3 Å². The van der Waals surface area contributed by atoms with Gasteiger partial charge >= 0.3 is 0 Å². The minimum Gasteiger partial charge on any atom is -0.338 e. The van der Waals surface area contributed by atoms with Crippen LogP contribution in [0.15, 0.2) is 36.4 Å². The van der Waals surface area contributed by atoms with Crippen LogP contribution in [0.4, 0.5) is 5.69 Å². The molecule has 4 rings (SSSR count). The first-order chi connectivity index (χ1) is 13.5. The third kappa shape index (κ3) is 3.82. The number of benzene rings is 1. The van der Waals surface area contributed by atoms with Crippen LogP contribution in [0.3, 0.4) is 0 Å². The van der Waals surface area contributed by atoms with Crippen LogP contribution in [0.25, 0.3) is 10.4 Å². The lowest BCUT2D eigenvalue weighted by atomic mass is 10.0. The van der Waals surface area contributed by atoms with Crippen LogP contribution in [0.2, 0.25) is 0 Å². The second-order valence-corrected chi connectivity index (χ2v) is 8.88. The molecular weight excluding hydrogens is 374 g/mol. The van der Waals surface area contributed by atoms with E-state index in [1.807, 2.05) is 24.1 Å². The lowest BCUT2D eigenvalue weighted by Crippen LogP contribution is -2.36. The maximum atomic E-state index is 12.8. The zero-order valence-electron chi connectivity index (χ0n) is 16.0. The molecule has 1 aromatic carbocycles. The zero-order chi connectivity index (χ0) is 19.7. The van der Waals surface area contributed by atoms with Crippen LogP contribution in [-0.4, -0.2) is 47.3 Å². The Morgan fingerprint density at radius 1 is 1.18 bits per heavy atom. The van der Waals surface area contributed by atoms with E-state index in [1.165, 1.54) is 25.3 Å². The van der Waals surface area contributed by atoms with Crippen LogP contribution in [0.1, 0.15) is 36.6 Å². The van der Waals surface area contributed by atoms with Crippen molar-refractivity contribution in [3.05, 3.63) is 51.4 Å². The molecule has 6 nitrogen and oxygen atoms in total. The van der Waals surface area contributed by atoms with Gasteiger partial charge in [0.2, 0.25) is 5.91 Å². The second-order valence-electron chi connectivity index (χ2n) is 7.77. The summed E-state index contributed by atoms with van der Waals surface area (Å²) in [6, 6.07) is 10.9. The highest BCUT2D eigenvalue weighted by Gasteiger charge is 2.39. The summed E-state index contributed by atoms with van der Waals surface area (Å²) < 4.78 is 0. The highest BCUT2D eigenvalue weighted by molar-refractivity contribution is 7.15. The summed E-state index contributed by atoms with van der Waals surface area (Å²) in [6.07, 6.45) is 4.61. The Morgan fingerprint density at radius 3 is 2.71 bits per heavy atom. The van der Waals surface area contributed by atoms with Crippen molar-refractivity contribution in [2.75, 3.05) is 26.7 Å². The molecule has 1 amide bonds. The number of nitro benzene ring substituents is 1. The number of nitro groups is 1. The van der Waals surface area contributed by atoms with Gasteiger partial charge < -0.3 is 9.80 Å². The van der Waals surface area contributed by atoms with Crippen molar-refractivity contribution in [1.82, 2.24) is 9.80 Å². The Bertz CT molecular complexity index is 875. The number of rotatable bonds is 5. The topological polar surface area (TPSA) is 66.7 Å². The van der Waals surface area contributed by atoms with E-state index in [9.17, 15) is 14.9 Å². The van der Waals surface area contributed by atoms with Crippen molar-refractivity contribution >= 4 is 22.9 Å². The van der Waals surface area contributed by atoms with Crippen molar-refractivity contribution in [3.8, 4) is 10.4 Å². The lowest BCUT2D eigenvalue weighted by Gasteiger charge is -2.28. The smallest absolute Gasteiger partial charge is 0.270 e. The van der Waals surface area contributed by atoms with Gasteiger partial charge in [-0.2, -0.15) is 0 Å². The Balaban J connectivity index is 1.49. The summed E-state index contributed by atoms with van der Waals surface area (Å²) in [4.78, 5) is 29.9. The zero-order valence-corrected chi connectivity index (χ0v) is 16.9. The van der Waals surface area contributed by atoms with E-state index in [-0.39, 0.29) is 28.5 Å². The number of likely N-dealkylation sites (tertiary alicyclic amines) is 2. The Morgan fingerprint density at radius 2 is 1.96 bits per heavy atom. The number of hydrogen-bond donors (Lipinski definition) is 0. The van der Waals surface area contributed by atoms with Gasteiger partial charge in [0.1, 0.15) is 0 Å². The highest BCUT2D eigenvalue weighted by atomic mass is 32.1. The number of hydrogen-bond acceptors (Lipinski definition) is 5. The molecule has 0 radical (unpaired) electrons. The predicted molar refractivity (Wildman–Crippen MR) is 110 cm³/mol. The van der Waals surface area contributed by atoms with Crippen molar-refractivity contribution in [2.24, 2.45) is 5.92 Å². The lowest BCUT2D eigenvalue weighted by molar-refractivity contribution is -0.384. The van der Waals surface area contributed by atoms with Gasteiger partial charge in [-0.05, 0) is 50.0 Å². The standard InChI is InChI=1S/C21H25N3O3S/c1-22-18(13-16(21(22)25)14-23-10-3-2-4-11-23)20-9-8-19(28-20)15-6-5-7-17(12-15)24(26)27/h5-9,12,16,18H,2-4,10-11,13-14H2,1H3. The molecule has 0 N–H and O–H groups in total. The first kappa shape index (κ1) is 19.1. The maximum absolute atomic E-state index is 12.8. The number of piperidine rings is 1. The quantitative estimate of drug-likeness (QED) is 0.554. The van der Waals surface area contributed by atoms with Gasteiger partial charge in [0, 0.05) is 35.5 Å². The first-order valence-corrected chi connectivity index (χ1v) is 10.7. The molecule has 2 saturated heterocycles. The molecule has 2 aliphatic rings. The Hall–Kier alpha value is -2.25. The molecule has 28 heavy (non-hydrogen) atoms. The fourth-order valence-electron chi connectivity index (χ4n) is 4.34. The average Bonchev–Trinajstić information content (AvgIpc) is 3.30. The molecule has 2 aliphatic heterocycles. The molecule has 3 heterocycles. The van der Waals surface area contributed by atoms with Crippen molar-refractivity contribution in [2.45, 2.75) is 31.7 Å². The number of carbonyl (C=O) groups is 1. The first-order valence-electron chi connectivity index (χ1n) is 9.86. The van der Waals surface area contributed by atoms with Gasteiger partial charge in [0.05, 0.1) is 16.9 Å². The summed E-state index contributed by atoms with van der Waals surface area (Å²) in [5.41, 5.74) is 0.949. The van der Waals surface area contributed by atoms with E-state index in [1.54, 1.807) is 23.5 Å². The van der Waals surface area contributed by atoms with E-state index >= 15 is 0 Å². The summed E-state index contributed by atoms with van der Waals surface area (Å²) in [7, 11) is 1.90. The molecule has 1 aromatic heterocycles. The predicted octanol–water partition coefficient (Wildman–Crippen LogP) is 4.33. The number of carbonyl (C=O) groups excluding carboxylic acids is 1. The van der Waals surface area contributed by atoms with Gasteiger partial charge in [-0.1, -0.05) is 18.6 Å². The number of nitrogens with zero attached hydrogens (tertiary/aromatic N) is 3. The van der Waals surface area contributed by atoms with Gasteiger partial charge in [0.25, 0.3) is 5.69 Å². The molecule has 0 spiro atoms. The van der Waals surface area contributed by atoms with Gasteiger partial charge in [0.15, 0.2) is 0 Å². The molecule has 0 saturated carbocycles. The number of amides is 1. The van der Waals surface area contributed by atoms with Crippen LogP contribution >= 0.6 is 11.3 Å². The third-order valence-corrected chi connectivity index (χ3v) is 7.13. The summed E-state index contributed by atoms with van der Waals surface area (Å²) in [5.74, 6) is 0.303. The minimum atomic E-state index is -0.368. The van der Waals surface area contributed by atoms with Crippen molar-refractivity contribution in [1.29, 1.82) is 0 Å². The van der Waals surface area contributed by atoms with Crippen LogP contribution in [0.5, 0.6) is 0 Å². The Kier molecular flexibility index (Phi) is 5.46. The van der Waals surface area contributed by atoms with Gasteiger partial charge in [-0.25, -0.2) is 0 Å². The van der Waals surface area contributed by atoms with Crippen LogP contribution in [-0.2, 0) is 4.79 Å². The maximum Gasteiger partial charge on any atom is 0.270 e. The molecule has 0 bridgehead atoms. The summed E-state index contributed by atoms with van der Waals surface area (Å²) in [5, 5.41) is 11.0. The molecule has 2 fully saturated rings. The third-order valence-electron chi connectivity index (χ3n) is 5.90. The van der Waals surface area contributed by atoms with Crippen LogP contribution in [0, 0.1) is 16.0 Å². The molecule has 2 aromatic rings. The van der Waals surface area contributed by atoms with E-state index in [2.05, 4.69) is 11.0 Å². The average molecular weight is 400 g/mol. The monoisotopic (exact) mass is 399 g/mol. The van der Waals surface area contributed by atoms with E-state index < -0.39 is 0 Å². The van der Waals surface area contributed by atoms with Gasteiger partial charge in [-0.3, -0.25) is 14.9 Å². The fourth-order valence-corrected chi connectivity index (χ4v) is 5.50. The van der Waals surface area contributed by atoms with E-state index in [4.69, 9.17) is 0 Å². The molecule has 2 unspecified atom stereocenters. The minimum absolute atomic E-state index is 0.0662. The van der Waals surface area contributed by atoms with Crippen molar-refractivity contribution in [3.63, 3.8) is 0 Å². The highest BCUT2D eigenvalue weighted by Crippen LogP contribution is 2.41. The largest absolute Gasteiger partial charge is 0.338 e. The summed E-state index contributed by atoms with van der Waals surface area (Å²) >= 11 is 1.63. The molecular formula is C21H25N3O3S. The SMILES string of the molecule is CN1C(=O)C(CN2CCCCC2)CC1c1ccc(-c2cccc([N+](=O)[O-])c2)s1. The van der Waals surface area contributed by atoms with Crippen molar-refractivity contribution < 1.29 is 9.72 Å². The molecule has 7 heteroatoms. The fraction of sp³-hybridized carbons (Fsp3) is 0.476. The second kappa shape index (κ2) is 8.01. The normalized spacial score (nSPS) is 23.3. The molecule has 0 aliphatic carbocycles. The van der Waals surface area contributed by atoms with Crippen LogP contribution < -0.4 is 0 Å². The number of thiophene rings is 1. The molecule has 148 valence electrons. The Labute approximate surface area is 168 Å². The molecule has 2 atom stereocenters. The summed E-state index contributed by atoms with van der Waals surface area (Å²) in [6.45, 7) is 3.07. The number of non-ortho nitro benzene ring substituents is 1. The van der Waals surface area contributed by atoms with E-state index in [0.717, 1.165) is 41.4 Å².